The third-order valence-corrected chi connectivity index (χ3v) is 5.73. The molecule has 0 saturated carbocycles. The number of nitrogen functional groups attached to an aromatic ring is 1. The Morgan fingerprint density at radius 3 is 2.56 bits per heavy atom. The number of nitrogens with one attached hydrogen (secondary N) is 2. The normalized spacial score (nSPS) is 10.5. The maximum atomic E-state index is 12.2. The molecule has 32 heavy (non-hydrogen) atoms. The second-order valence-electron chi connectivity index (χ2n) is 6.95. The van der Waals surface area contributed by atoms with Gasteiger partial charge in [0.1, 0.15) is 17.5 Å². The fourth-order valence-corrected chi connectivity index (χ4v) is 4.02. The minimum Gasteiger partial charge on any atom is -0.382 e. The third kappa shape index (κ3) is 4.77. The number of nitrogens with zero attached hydrogens (tertiary/aromatic N) is 4. The Hall–Kier alpha value is -4.16. The summed E-state index contributed by atoms with van der Waals surface area (Å²) in [6.07, 6.45) is 2.87. The number of hydrogen-bond acceptors (Lipinski definition) is 6. The van der Waals surface area contributed by atoms with E-state index in [1.165, 1.54) is 11.3 Å². The number of carbonyl (C=O) groups excluding carboxylic acids is 1. The number of amides is 2. The predicted molar refractivity (Wildman–Crippen MR) is 126 cm³/mol. The van der Waals surface area contributed by atoms with Gasteiger partial charge in [0.2, 0.25) is 0 Å². The lowest BCUT2D eigenvalue weighted by molar-refractivity contribution is 0.252. The molecular formula is C23H21N7OS. The zero-order valence-electron chi connectivity index (χ0n) is 17.2. The number of urea groups is 1. The number of aromatic nitrogens is 3. The molecule has 0 radical (unpaired) electrons. The molecule has 4 N–H and O–H groups in total. The number of thiazole rings is 1. The lowest BCUT2D eigenvalue weighted by atomic mass is 10.1. The summed E-state index contributed by atoms with van der Waals surface area (Å²) < 4.78 is 1.57. The van der Waals surface area contributed by atoms with Gasteiger partial charge in [-0.05, 0) is 30.5 Å². The number of anilines is 2. The summed E-state index contributed by atoms with van der Waals surface area (Å²) in [5.41, 5.74) is 8.96. The van der Waals surface area contributed by atoms with E-state index in [9.17, 15) is 10.1 Å². The summed E-state index contributed by atoms with van der Waals surface area (Å²) in [4.78, 5) is 17.4. The Balaban J connectivity index is 1.30. The summed E-state index contributed by atoms with van der Waals surface area (Å²) in [6, 6.07) is 21.1. The van der Waals surface area contributed by atoms with Gasteiger partial charge in [-0.2, -0.15) is 10.4 Å². The number of rotatable bonds is 7. The van der Waals surface area contributed by atoms with E-state index in [2.05, 4.69) is 26.8 Å². The van der Waals surface area contributed by atoms with Crippen LogP contribution in [0.25, 0.3) is 16.1 Å². The van der Waals surface area contributed by atoms with Crippen LogP contribution in [-0.2, 0) is 6.42 Å². The second-order valence-corrected chi connectivity index (χ2v) is 7.98. The SMILES string of the molecule is N#Cc1c(CCCNC(=O)Nc2ncc(-c3ccccc3)s2)nn(-c2ccccc2)c1N. The van der Waals surface area contributed by atoms with E-state index in [0.29, 0.717) is 41.6 Å². The molecule has 160 valence electrons. The molecule has 2 heterocycles. The first kappa shape index (κ1) is 21.1. The molecule has 0 fully saturated rings. The van der Waals surface area contributed by atoms with Gasteiger partial charge in [-0.3, -0.25) is 5.32 Å². The number of nitriles is 1. The molecular weight excluding hydrogens is 422 g/mol. The number of carbonyl (C=O) groups is 1. The van der Waals surface area contributed by atoms with Gasteiger partial charge in [0.15, 0.2) is 5.13 Å². The van der Waals surface area contributed by atoms with Crippen LogP contribution < -0.4 is 16.4 Å². The fraction of sp³-hybridized carbons (Fsp3) is 0.130. The van der Waals surface area contributed by atoms with Crippen molar-refractivity contribution in [3.63, 3.8) is 0 Å². The standard InChI is InChI=1S/C23H21N7OS/c24-14-18-19(29-30(21(18)25)17-10-5-2-6-11-17)12-7-13-26-22(31)28-23-27-15-20(32-23)16-8-3-1-4-9-16/h1-6,8-11,15H,7,12-13,25H2,(H2,26,27,28,31). The van der Waals surface area contributed by atoms with E-state index in [-0.39, 0.29) is 6.03 Å². The highest BCUT2D eigenvalue weighted by atomic mass is 32.1. The third-order valence-electron chi connectivity index (χ3n) is 4.77. The Bertz CT molecular complexity index is 1240. The number of nitrogens with two attached hydrogens (primary N) is 1. The molecule has 4 aromatic rings. The van der Waals surface area contributed by atoms with E-state index in [4.69, 9.17) is 5.73 Å². The van der Waals surface area contributed by atoms with Gasteiger partial charge in [0, 0.05) is 12.7 Å². The van der Waals surface area contributed by atoms with Gasteiger partial charge >= 0.3 is 6.03 Å². The molecule has 0 aliphatic heterocycles. The molecule has 0 unspecified atom stereocenters. The lowest BCUT2D eigenvalue weighted by Gasteiger charge is -2.04. The van der Waals surface area contributed by atoms with Crippen LogP contribution in [0.15, 0.2) is 66.9 Å². The van der Waals surface area contributed by atoms with Crippen LogP contribution in [0.1, 0.15) is 17.7 Å². The van der Waals surface area contributed by atoms with Crippen molar-refractivity contribution in [1.82, 2.24) is 20.1 Å². The van der Waals surface area contributed by atoms with Crippen LogP contribution in [0.2, 0.25) is 0 Å². The minimum atomic E-state index is -0.325. The molecule has 0 aliphatic rings. The molecule has 9 heteroatoms. The summed E-state index contributed by atoms with van der Waals surface area (Å²) in [7, 11) is 0. The number of para-hydroxylation sites is 1. The number of aryl methyl sites for hydroxylation is 1. The molecule has 2 aromatic carbocycles. The van der Waals surface area contributed by atoms with Crippen LogP contribution in [0, 0.1) is 11.3 Å². The Morgan fingerprint density at radius 1 is 1.12 bits per heavy atom. The molecule has 0 aliphatic carbocycles. The van der Waals surface area contributed by atoms with Gasteiger partial charge in [-0.15, -0.1) is 0 Å². The smallest absolute Gasteiger partial charge is 0.321 e. The van der Waals surface area contributed by atoms with Crippen molar-refractivity contribution in [2.45, 2.75) is 12.8 Å². The molecule has 2 aromatic heterocycles. The summed E-state index contributed by atoms with van der Waals surface area (Å²) >= 11 is 1.41. The topological polar surface area (TPSA) is 122 Å². The Labute approximate surface area is 189 Å². The first-order chi connectivity index (χ1) is 15.7. The number of hydrogen-bond donors (Lipinski definition) is 3. The zero-order chi connectivity index (χ0) is 22.3. The highest BCUT2D eigenvalue weighted by molar-refractivity contribution is 7.19. The van der Waals surface area contributed by atoms with Crippen LogP contribution in [-0.4, -0.2) is 27.3 Å². The molecule has 0 saturated heterocycles. The molecule has 0 spiro atoms. The maximum Gasteiger partial charge on any atom is 0.321 e. The van der Waals surface area contributed by atoms with E-state index in [1.807, 2.05) is 60.7 Å². The molecule has 8 nitrogen and oxygen atoms in total. The summed E-state index contributed by atoms with van der Waals surface area (Å²) in [6.45, 7) is 0.422. The van der Waals surface area contributed by atoms with Crippen molar-refractivity contribution in [1.29, 1.82) is 5.26 Å². The maximum absolute atomic E-state index is 12.2. The highest BCUT2D eigenvalue weighted by Crippen LogP contribution is 2.28. The number of benzene rings is 2. The van der Waals surface area contributed by atoms with Crippen molar-refractivity contribution < 1.29 is 4.79 Å². The zero-order valence-corrected chi connectivity index (χ0v) is 18.0. The van der Waals surface area contributed by atoms with Gasteiger partial charge in [-0.25, -0.2) is 14.5 Å². The second kappa shape index (κ2) is 9.76. The van der Waals surface area contributed by atoms with Crippen LogP contribution in [0.5, 0.6) is 0 Å². The van der Waals surface area contributed by atoms with Gasteiger partial charge < -0.3 is 11.1 Å². The van der Waals surface area contributed by atoms with Crippen molar-refractivity contribution in [3.8, 4) is 22.2 Å². The van der Waals surface area contributed by atoms with E-state index >= 15 is 0 Å². The van der Waals surface area contributed by atoms with E-state index in [1.54, 1.807) is 10.9 Å². The first-order valence-electron chi connectivity index (χ1n) is 10.0. The lowest BCUT2D eigenvalue weighted by Crippen LogP contribution is -2.29. The van der Waals surface area contributed by atoms with Gasteiger partial charge in [0.25, 0.3) is 0 Å². The van der Waals surface area contributed by atoms with E-state index < -0.39 is 0 Å². The van der Waals surface area contributed by atoms with Crippen LogP contribution in [0.4, 0.5) is 15.7 Å². The molecule has 2 amide bonds. The van der Waals surface area contributed by atoms with Crippen LogP contribution >= 0.6 is 11.3 Å². The monoisotopic (exact) mass is 443 g/mol. The summed E-state index contributed by atoms with van der Waals surface area (Å²) in [5, 5.41) is 20.1. The van der Waals surface area contributed by atoms with Crippen molar-refractivity contribution in [2.75, 3.05) is 17.6 Å². The molecule has 0 bridgehead atoms. The van der Waals surface area contributed by atoms with Crippen molar-refractivity contribution in [3.05, 3.63) is 78.1 Å². The first-order valence-corrected chi connectivity index (χ1v) is 10.9. The fourth-order valence-electron chi connectivity index (χ4n) is 3.21. The quantitative estimate of drug-likeness (QED) is 0.370. The largest absolute Gasteiger partial charge is 0.382 e. The van der Waals surface area contributed by atoms with E-state index in [0.717, 1.165) is 16.1 Å². The predicted octanol–water partition coefficient (Wildman–Crippen LogP) is 4.20. The average Bonchev–Trinajstić information content (AvgIpc) is 3.42. The average molecular weight is 444 g/mol. The Kier molecular flexibility index (Phi) is 6.43. The van der Waals surface area contributed by atoms with Gasteiger partial charge in [0.05, 0.1) is 16.3 Å². The highest BCUT2D eigenvalue weighted by Gasteiger charge is 2.16. The molecule has 0 atom stereocenters. The van der Waals surface area contributed by atoms with Crippen molar-refractivity contribution >= 4 is 28.3 Å². The van der Waals surface area contributed by atoms with Gasteiger partial charge in [-0.1, -0.05) is 59.9 Å². The summed E-state index contributed by atoms with van der Waals surface area (Å²) in [5.74, 6) is 0.317. The minimum absolute atomic E-state index is 0.317. The van der Waals surface area contributed by atoms with Crippen LogP contribution in [0.3, 0.4) is 0 Å². The molecule has 4 rings (SSSR count). The van der Waals surface area contributed by atoms with Crippen molar-refractivity contribution in [2.24, 2.45) is 0 Å². The Morgan fingerprint density at radius 2 is 1.84 bits per heavy atom.